The molecule has 4 N–H and O–H groups in total. The average molecular weight is 1110 g/mol. The maximum Gasteiger partial charge on any atom is 0.415 e. The first-order valence-electron chi connectivity index (χ1n) is 29.3. The fraction of sp³-hybridized carbons (Fsp3) is 0.694. The number of nitrogens with one attached hydrogen (secondary N) is 2. The lowest BCUT2D eigenvalue weighted by atomic mass is 9.44. The Kier molecular flexibility index (Phi) is 20.1. The number of ketones is 2. The number of unbranched alkanes of at least 4 members (excludes halogenated alkanes) is 3. The number of ether oxygens (including phenoxy) is 1. The number of fused-ring (bicyclic) bond motifs is 6. The molecule has 1 aromatic carbocycles. The van der Waals surface area contributed by atoms with Crippen molar-refractivity contribution in [3.8, 4) is 11.8 Å². The first kappa shape index (κ1) is 61.2. The van der Waals surface area contributed by atoms with Crippen molar-refractivity contribution in [2.24, 2.45) is 51.8 Å². The zero-order valence-corrected chi connectivity index (χ0v) is 49.3. The number of carbonyl (C=O) groups excluding carboxylic acids is 6. The Balaban J connectivity index is 0.813. The van der Waals surface area contributed by atoms with Crippen molar-refractivity contribution in [2.45, 2.75) is 190 Å². The number of nitriles is 1. The molecular formula is C62H88N6O10S. The minimum absolute atomic E-state index is 0.0370. The minimum Gasteiger partial charge on any atom is -0.480 e. The number of Topliss-reactive ketones (excluding diaryl/α,β-unsaturated/α-hetero) is 2. The van der Waals surface area contributed by atoms with Crippen LogP contribution in [0.2, 0.25) is 0 Å². The van der Waals surface area contributed by atoms with Gasteiger partial charge in [-0.15, -0.1) is 11.3 Å². The van der Waals surface area contributed by atoms with E-state index in [1.54, 1.807) is 59.9 Å². The van der Waals surface area contributed by atoms with Crippen LogP contribution >= 0.6 is 11.3 Å². The largest absolute Gasteiger partial charge is 0.480 e. The number of thiazole rings is 1. The number of aliphatic hydroxyl groups excluding tert-OH is 1. The van der Waals surface area contributed by atoms with E-state index >= 15 is 0 Å². The van der Waals surface area contributed by atoms with E-state index in [0.717, 1.165) is 37.5 Å². The van der Waals surface area contributed by atoms with Gasteiger partial charge < -0.3 is 35.4 Å². The van der Waals surface area contributed by atoms with Crippen molar-refractivity contribution < 1.29 is 48.5 Å². The van der Waals surface area contributed by atoms with Crippen molar-refractivity contribution in [3.05, 3.63) is 45.5 Å². The molecule has 0 bridgehead atoms. The summed E-state index contributed by atoms with van der Waals surface area (Å²) in [6.45, 7) is 16.7. The lowest BCUT2D eigenvalue weighted by Gasteiger charge is -2.61. The molecule has 2 aromatic rings. The van der Waals surface area contributed by atoms with Crippen LogP contribution in [0.15, 0.2) is 40.5 Å². The summed E-state index contributed by atoms with van der Waals surface area (Å²) >= 11 is 1.18. The third kappa shape index (κ3) is 14.0. The van der Waals surface area contributed by atoms with Crippen LogP contribution in [0.1, 0.15) is 182 Å². The van der Waals surface area contributed by atoms with Crippen LogP contribution in [-0.4, -0.2) is 112 Å². The Hall–Kier alpha value is -5.47. The second kappa shape index (κ2) is 26.0. The van der Waals surface area contributed by atoms with Gasteiger partial charge in [0, 0.05) is 86.3 Å². The van der Waals surface area contributed by atoms with Crippen molar-refractivity contribution >= 4 is 62.9 Å². The Morgan fingerprint density at radius 3 is 2.32 bits per heavy atom. The number of amides is 4. The number of benzene rings is 1. The molecule has 17 heteroatoms. The van der Waals surface area contributed by atoms with E-state index in [9.17, 15) is 49.0 Å². The normalized spacial score (nSPS) is 26.6. The van der Waals surface area contributed by atoms with Gasteiger partial charge in [0.2, 0.25) is 17.7 Å². The summed E-state index contributed by atoms with van der Waals surface area (Å²) in [5.74, 6) is 1.91. The summed E-state index contributed by atoms with van der Waals surface area (Å²) in [4.78, 5) is 99.3. The topological polar surface area (TPSA) is 236 Å². The maximum absolute atomic E-state index is 13.7. The third-order valence-electron chi connectivity index (χ3n) is 19.9. The van der Waals surface area contributed by atoms with E-state index in [2.05, 4.69) is 36.4 Å². The smallest absolute Gasteiger partial charge is 0.415 e. The first-order chi connectivity index (χ1) is 37.4. The molecule has 5 aliphatic rings. The van der Waals surface area contributed by atoms with Gasteiger partial charge in [0.25, 0.3) is 0 Å². The maximum atomic E-state index is 13.7. The summed E-state index contributed by atoms with van der Waals surface area (Å²) in [7, 11) is 1.63. The lowest BCUT2D eigenvalue weighted by molar-refractivity contribution is -0.142. The Labute approximate surface area is 471 Å². The van der Waals surface area contributed by atoms with E-state index < -0.39 is 23.5 Å². The van der Waals surface area contributed by atoms with Gasteiger partial charge in [0.15, 0.2) is 16.6 Å². The number of rotatable bonds is 24. The number of carboxylic acid groups (broad SMARTS) is 1. The molecule has 0 saturated heterocycles. The molecule has 1 aromatic heterocycles. The molecule has 432 valence electrons. The van der Waals surface area contributed by atoms with Crippen LogP contribution in [0, 0.1) is 63.1 Å². The number of hydrogen-bond acceptors (Lipinski definition) is 12. The number of aromatic nitrogens is 1. The fourth-order valence-electron chi connectivity index (χ4n) is 15.2. The second-order valence-electron chi connectivity index (χ2n) is 25.3. The number of nitrogens with zero attached hydrogens (tertiary/aromatic N) is 4. The van der Waals surface area contributed by atoms with Crippen LogP contribution in [0.25, 0.3) is 10.2 Å². The van der Waals surface area contributed by atoms with E-state index in [0.29, 0.717) is 107 Å². The third-order valence-corrected chi connectivity index (χ3v) is 20.9. The van der Waals surface area contributed by atoms with Gasteiger partial charge in [-0.3, -0.25) is 24.0 Å². The van der Waals surface area contributed by atoms with Crippen LogP contribution < -0.4 is 15.4 Å². The number of aliphatic hydroxyl groups is 1. The molecule has 1 heterocycles. The monoisotopic (exact) mass is 1110 g/mol. The zero-order valence-electron chi connectivity index (χ0n) is 48.5. The van der Waals surface area contributed by atoms with E-state index in [4.69, 9.17) is 4.74 Å². The van der Waals surface area contributed by atoms with Crippen molar-refractivity contribution in [1.29, 1.82) is 5.26 Å². The van der Waals surface area contributed by atoms with Crippen LogP contribution in [0.3, 0.4) is 0 Å². The van der Waals surface area contributed by atoms with Crippen LogP contribution in [-0.2, 0) is 28.8 Å². The summed E-state index contributed by atoms with van der Waals surface area (Å²) in [6.07, 6.45) is 14.0. The summed E-state index contributed by atoms with van der Waals surface area (Å²) in [6, 6.07) is 5.97. The molecule has 4 fully saturated rings. The fourth-order valence-corrected chi connectivity index (χ4v) is 16.0. The molecule has 0 radical (unpaired) electrons. The Morgan fingerprint density at radius 2 is 1.58 bits per heavy atom. The number of carbonyl (C=O) groups is 7. The second-order valence-corrected chi connectivity index (χ2v) is 26.4. The highest BCUT2D eigenvalue weighted by atomic mass is 32.1. The number of aliphatic carboxylic acids is 1. The molecule has 4 amide bonds. The molecule has 4 saturated carbocycles. The predicted molar refractivity (Wildman–Crippen MR) is 304 cm³/mol. The first-order valence-corrected chi connectivity index (χ1v) is 30.2. The minimum atomic E-state index is -1.06. The molecule has 0 spiro atoms. The summed E-state index contributed by atoms with van der Waals surface area (Å²) in [5, 5.41) is 35.8. The molecule has 79 heavy (non-hydrogen) atoms. The summed E-state index contributed by atoms with van der Waals surface area (Å²) in [5.41, 5.74) is 1.76. The van der Waals surface area contributed by atoms with Crippen molar-refractivity contribution in [2.75, 3.05) is 33.2 Å². The van der Waals surface area contributed by atoms with Gasteiger partial charge in [0.05, 0.1) is 16.3 Å². The molecule has 7 rings (SSSR count). The van der Waals surface area contributed by atoms with Gasteiger partial charge in [-0.25, -0.2) is 14.6 Å². The molecule has 1 unspecified atom stereocenters. The quantitative estimate of drug-likeness (QED) is 0.0567. The number of allylic oxidation sites excluding steroid dienone is 4. The van der Waals surface area contributed by atoms with Crippen LogP contribution in [0.5, 0.6) is 5.75 Å². The summed E-state index contributed by atoms with van der Waals surface area (Å²) < 4.78 is 6.48. The van der Waals surface area contributed by atoms with Crippen LogP contribution in [0.4, 0.5) is 4.79 Å². The van der Waals surface area contributed by atoms with E-state index in [-0.39, 0.29) is 90.5 Å². The zero-order chi connectivity index (χ0) is 57.6. The standard InChI is InChI=1S/C62H88N6O10S/c1-37(45-21-22-46-44-20-18-41-33-42(69)25-27-61(41,7)47(44)26-28-62(45,46)8)17-24-52(71)65-49(58(75)76)15-12-13-29-64-51(70)16-11-10-14-30-68(59(77)78-43-19-23-48-50(34-43)79-53(36-63)66-48)32-31-67(9)54(72)35-60(5,6)55-40(4)56(73)38(2)39(3)57(55)74/h19,23,34,37,41-42,44-47,49,69H,10-18,20-22,24-33,35H2,1-9H3,(H,64,70)(H,65,71)(H,75,76)/t37-,41-,42-,44+,45-,46+,47+,49?,61+,62-/m1/s1. The SMILES string of the molecule is CC1=C(C)C(=O)C(C(C)(C)CC(=O)N(C)CCN(CCCCCC(=O)NCCCCC(NC(=O)CC[C@@H](C)[C@H]2CC[C@H]3[C@@H]4CC[C@@H]5C[C@H](O)CC[C@]5(C)[C@H]4CC[C@]23C)C(=O)O)C(=O)Oc2ccc3nc(C#N)sc3c2)=C(C)C1=O. The Morgan fingerprint density at radius 1 is 0.861 bits per heavy atom. The Bertz CT molecular complexity index is 2740. The number of hydrogen-bond donors (Lipinski definition) is 4. The van der Waals surface area contributed by atoms with E-state index in [1.807, 2.05) is 6.07 Å². The van der Waals surface area contributed by atoms with Crippen molar-refractivity contribution in [1.82, 2.24) is 25.4 Å². The molecule has 16 nitrogen and oxygen atoms in total. The molecule has 5 aliphatic carbocycles. The van der Waals surface area contributed by atoms with Gasteiger partial charge >= 0.3 is 12.1 Å². The predicted octanol–water partition coefficient (Wildman–Crippen LogP) is 10.5. The van der Waals surface area contributed by atoms with Gasteiger partial charge in [-0.1, -0.05) is 41.0 Å². The van der Waals surface area contributed by atoms with Gasteiger partial charge in [-0.05, 0) is 176 Å². The highest BCUT2D eigenvalue weighted by molar-refractivity contribution is 7.19. The van der Waals surface area contributed by atoms with E-state index in [1.165, 1.54) is 59.7 Å². The van der Waals surface area contributed by atoms with Crippen molar-refractivity contribution in [3.63, 3.8) is 0 Å². The molecular weight excluding hydrogens is 1020 g/mol. The molecule has 10 atom stereocenters. The number of carboxylic acids is 1. The van der Waals surface area contributed by atoms with Gasteiger partial charge in [0.1, 0.15) is 17.9 Å². The number of likely N-dealkylation sites (N-methyl/N-ethyl adjacent to an activating group) is 1. The highest BCUT2D eigenvalue weighted by Gasteiger charge is 2.60. The average Bonchev–Trinajstić information content (AvgIpc) is 4.26. The lowest BCUT2D eigenvalue weighted by Crippen LogP contribution is -2.54. The molecule has 0 aliphatic heterocycles. The highest BCUT2D eigenvalue weighted by Crippen LogP contribution is 2.68. The van der Waals surface area contributed by atoms with Gasteiger partial charge in [-0.2, -0.15) is 5.26 Å².